The molecule has 0 saturated heterocycles. The van der Waals surface area contributed by atoms with Crippen LogP contribution in [0.3, 0.4) is 0 Å². The molecule has 0 spiro atoms. The van der Waals surface area contributed by atoms with Crippen LogP contribution in [-0.4, -0.2) is 34.9 Å². The zero-order valence-corrected chi connectivity index (χ0v) is 38.2. The maximum Gasteiger partial charge on any atom is 0.220 e. The lowest BCUT2D eigenvalue weighted by molar-refractivity contribution is -0.123. The van der Waals surface area contributed by atoms with Gasteiger partial charge in [-0.1, -0.05) is 263 Å². The standard InChI is InChI=1S/C52H101NO3/c1-3-5-7-8-9-10-11-12-13-14-15-16-17-18-19-20-21-22-23-24-25-26-27-28-29-30-31-32-33-34-35-36-37-38-39-40-41-42-43-44-46-48-52(56)53-50(49-54)51(55)47-45-6-4-2/h14-15,45,47,50-51,54-55H,3-13,16-44,46,48-49H2,1-2H3,(H,53,56)/b15-14-,47-45+. The minimum absolute atomic E-state index is 0.0715. The molecule has 2 unspecified atom stereocenters. The highest BCUT2D eigenvalue weighted by atomic mass is 16.3. The van der Waals surface area contributed by atoms with Crippen molar-refractivity contribution in [1.82, 2.24) is 5.32 Å². The Morgan fingerprint density at radius 2 is 0.714 bits per heavy atom. The number of allylic oxidation sites excluding steroid dienone is 3. The van der Waals surface area contributed by atoms with Gasteiger partial charge in [0.25, 0.3) is 0 Å². The van der Waals surface area contributed by atoms with Crippen LogP contribution in [0.4, 0.5) is 0 Å². The van der Waals surface area contributed by atoms with Gasteiger partial charge in [-0.2, -0.15) is 0 Å². The summed E-state index contributed by atoms with van der Waals surface area (Å²) in [6.45, 7) is 4.13. The Labute approximate surface area is 351 Å². The Morgan fingerprint density at radius 1 is 0.411 bits per heavy atom. The molecule has 0 aliphatic heterocycles. The van der Waals surface area contributed by atoms with Gasteiger partial charge in [0.15, 0.2) is 0 Å². The summed E-state index contributed by atoms with van der Waals surface area (Å²) < 4.78 is 0. The Bertz CT molecular complexity index is 810. The topological polar surface area (TPSA) is 69.6 Å². The number of rotatable bonds is 47. The van der Waals surface area contributed by atoms with Crippen LogP contribution in [0.15, 0.2) is 24.3 Å². The third kappa shape index (κ3) is 44.0. The minimum atomic E-state index is -0.831. The SMILES string of the molecule is CCC/C=C/C(O)C(CO)NC(=O)CCCCCCCCCCCCCCCCCCCCCCCCCCCCCCC/C=C\CCCCCCCCCC. The molecule has 0 rings (SSSR count). The summed E-state index contributed by atoms with van der Waals surface area (Å²) in [6.07, 6.45) is 64.3. The number of amides is 1. The summed E-state index contributed by atoms with van der Waals surface area (Å²) in [5.41, 5.74) is 0. The highest BCUT2D eigenvalue weighted by molar-refractivity contribution is 5.76. The van der Waals surface area contributed by atoms with E-state index in [1.54, 1.807) is 6.08 Å². The molecule has 0 radical (unpaired) electrons. The predicted octanol–water partition coefficient (Wildman–Crippen LogP) is 16.4. The van der Waals surface area contributed by atoms with Gasteiger partial charge in [0.1, 0.15) is 0 Å². The van der Waals surface area contributed by atoms with E-state index in [0.29, 0.717) is 6.42 Å². The number of nitrogens with one attached hydrogen (secondary N) is 1. The quantitative estimate of drug-likeness (QED) is 0.0425. The number of hydrogen-bond acceptors (Lipinski definition) is 3. The van der Waals surface area contributed by atoms with Crippen LogP contribution in [0.1, 0.15) is 284 Å². The lowest BCUT2D eigenvalue weighted by Gasteiger charge is -2.19. The molecule has 0 saturated carbocycles. The average Bonchev–Trinajstić information content (AvgIpc) is 3.20. The van der Waals surface area contributed by atoms with Crippen molar-refractivity contribution in [2.45, 2.75) is 296 Å². The van der Waals surface area contributed by atoms with Crippen LogP contribution >= 0.6 is 0 Å². The largest absolute Gasteiger partial charge is 0.394 e. The van der Waals surface area contributed by atoms with E-state index in [-0.39, 0.29) is 12.5 Å². The van der Waals surface area contributed by atoms with Crippen molar-refractivity contribution in [3.63, 3.8) is 0 Å². The van der Waals surface area contributed by atoms with Crippen LogP contribution in [0.25, 0.3) is 0 Å². The summed E-state index contributed by atoms with van der Waals surface area (Å²) in [5, 5.41) is 22.4. The second-order valence-corrected chi connectivity index (χ2v) is 17.6. The maximum atomic E-state index is 12.2. The lowest BCUT2D eigenvalue weighted by atomic mass is 10.0. The molecule has 0 aromatic carbocycles. The molecule has 3 N–H and O–H groups in total. The summed E-state index contributed by atoms with van der Waals surface area (Å²) in [5.74, 6) is -0.0715. The van der Waals surface area contributed by atoms with Crippen LogP contribution in [-0.2, 0) is 4.79 Å². The highest BCUT2D eigenvalue weighted by Gasteiger charge is 2.17. The third-order valence-corrected chi connectivity index (χ3v) is 11.9. The van der Waals surface area contributed by atoms with Gasteiger partial charge in [0.05, 0.1) is 18.8 Å². The van der Waals surface area contributed by atoms with E-state index < -0.39 is 12.1 Å². The molecule has 4 nitrogen and oxygen atoms in total. The summed E-state index contributed by atoms with van der Waals surface area (Å²) in [4.78, 5) is 12.2. The van der Waals surface area contributed by atoms with Crippen molar-refractivity contribution in [2.75, 3.05) is 6.61 Å². The second kappa shape index (κ2) is 48.2. The van der Waals surface area contributed by atoms with Crippen molar-refractivity contribution in [3.05, 3.63) is 24.3 Å². The Balaban J connectivity index is 3.23. The van der Waals surface area contributed by atoms with Gasteiger partial charge in [0.2, 0.25) is 5.91 Å². The third-order valence-electron chi connectivity index (χ3n) is 11.9. The Hall–Kier alpha value is -1.13. The number of hydrogen-bond donors (Lipinski definition) is 3. The molecule has 0 aliphatic rings. The number of unbranched alkanes of at least 4 members (excludes halogenated alkanes) is 38. The van der Waals surface area contributed by atoms with E-state index in [0.717, 1.165) is 25.7 Å². The molecule has 0 bridgehead atoms. The van der Waals surface area contributed by atoms with Crippen LogP contribution in [0, 0.1) is 0 Å². The molecular formula is C52H101NO3. The van der Waals surface area contributed by atoms with Crippen LogP contribution in [0.2, 0.25) is 0 Å². The van der Waals surface area contributed by atoms with E-state index in [4.69, 9.17) is 0 Å². The summed E-state index contributed by atoms with van der Waals surface area (Å²) >= 11 is 0. The fourth-order valence-corrected chi connectivity index (χ4v) is 8.01. The van der Waals surface area contributed by atoms with E-state index >= 15 is 0 Å². The molecule has 0 fully saturated rings. The van der Waals surface area contributed by atoms with Crippen LogP contribution in [0.5, 0.6) is 0 Å². The zero-order chi connectivity index (χ0) is 40.7. The molecule has 0 aromatic heterocycles. The molecule has 56 heavy (non-hydrogen) atoms. The van der Waals surface area contributed by atoms with E-state index in [2.05, 4.69) is 31.3 Å². The van der Waals surface area contributed by atoms with Crippen molar-refractivity contribution in [2.24, 2.45) is 0 Å². The first-order valence-electron chi connectivity index (χ1n) is 25.6. The Morgan fingerprint density at radius 3 is 1.02 bits per heavy atom. The number of aliphatic hydroxyl groups is 2. The first-order chi connectivity index (χ1) is 27.7. The van der Waals surface area contributed by atoms with Crippen molar-refractivity contribution >= 4 is 5.91 Å². The lowest BCUT2D eigenvalue weighted by Crippen LogP contribution is -2.45. The van der Waals surface area contributed by atoms with Gasteiger partial charge in [-0.15, -0.1) is 0 Å². The Kier molecular flexibility index (Phi) is 47.3. The first-order valence-corrected chi connectivity index (χ1v) is 25.6. The molecule has 1 amide bonds. The molecule has 0 heterocycles. The van der Waals surface area contributed by atoms with Gasteiger partial charge < -0.3 is 15.5 Å². The average molecular weight is 788 g/mol. The zero-order valence-electron chi connectivity index (χ0n) is 38.2. The fraction of sp³-hybridized carbons (Fsp3) is 0.904. The van der Waals surface area contributed by atoms with Crippen molar-refractivity contribution < 1.29 is 15.0 Å². The number of aliphatic hydroxyl groups excluding tert-OH is 2. The molecule has 0 aliphatic carbocycles. The smallest absolute Gasteiger partial charge is 0.220 e. The van der Waals surface area contributed by atoms with E-state index in [1.165, 1.54) is 238 Å². The molecule has 332 valence electrons. The van der Waals surface area contributed by atoms with E-state index in [9.17, 15) is 15.0 Å². The number of carbonyl (C=O) groups excluding carboxylic acids is 1. The van der Waals surface area contributed by atoms with Gasteiger partial charge in [0, 0.05) is 6.42 Å². The second-order valence-electron chi connectivity index (χ2n) is 17.6. The fourth-order valence-electron chi connectivity index (χ4n) is 8.01. The van der Waals surface area contributed by atoms with Gasteiger partial charge in [-0.3, -0.25) is 4.79 Å². The van der Waals surface area contributed by atoms with Crippen LogP contribution < -0.4 is 5.32 Å². The van der Waals surface area contributed by atoms with Gasteiger partial charge in [-0.25, -0.2) is 0 Å². The molecule has 0 aromatic rings. The minimum Gasteiger partial charge on any atom is -0.394 e. The van der Waals surface area contributed by atoms with Crippen molar-refractivity contribution in [3.8, 4) is 0 Å². The monoisotopic (exact) mass is 788 g/mol. The molecule has 4 heteroatoms. The van der Waals surface area contributed by atoms with Gasteiger partial charge in [-0.05, 0) is 38.5 Å². The highest BCUT2D eigenvalue weighted by Crippen LogP contribution is 2.17. The number of carbonyl (C=O) groups is 1. The van der Waals surface area contributed by atoms with Gasteiger partial charge >= 0.3 is 0 Å². The molecular weight excluding hydrogens is 687 g/mol. The first kappa shape index (κ1) is 54.9. The maximum absolute atomic E-state index is 12.2. The normalized spacial score (nSPS) is 13.0. The van der Waals surface area contributed by atoms with Crippen molar-refractivity contribution in [1.29, 1.82) is 0 Å². The summed E-state index contributed by atoms with van der Waals surface area (Å²) in [6, 6.07) is -0.614. The van der Waals surface area contributed by atoms with E-state index in [1.807, 2.05) is 6.08 Å². The predicted molar refractivity (Wildman–Crippen MR) is 249 cm³/mol. The molecule has 2 atom stereocenters. The summed E-state index contributed by atoms with van der Waals surface area (Å²) in [7, 11) is 0.